The first-order chi connectivity index (χ1) is 8.91. The molecule has 0 amide bonds. The molecule has 2 N–H and O–H groups in total. The third kappa shape index (κ3) is 2.43. The lowest BCUT2D eigenvalue weighted by Gasteiger charge is -2.13. The monoisotopic (exact) mass is 258 g/mol. The molecule has 1 aromatic heterocycles. The first kappa shape index (κ1) is 13.5. The number of rotatable bonds is 3. The molecule has 4 nitrogen and oxygen atoms in total. The lowest BCUT2D eigenvalue weighted by atomic mass is 10.1. The molecule has 0 unspecified atom stereocenters. The van der Waals surface area contributed by atoms with E-state index in [4.69, 9.17) is 5.73 Å². The van der Waals surface area contributed by atoms with E-state index in [1.807, 2.05) is 21.0 Å². The fraction of sp³-hybridized carbons (Fsp3) is 0.400. The Morgan fingerprint density at radius 2 is 1.74 bits per heavy atom. The van der Waals surface area contributed by atoms with Crippen LogP contribution in [0, 0.1) is 6.92 Å². The molecular weight excluding hydrogens is 236 g/mol. The first-order valence-electron chi connectivity index (χ1n) is 6.54. The Hall–Kier alpha value is -1.97. The second kappa shape index (κ2) is 4.96. The minimum atomic E-state index is 0.322. The smallest absolute Gasteiger partial charge is 0.131 e. The second-order valence-corrected chi connectivity index (χ2v) is 5.30. The molecule has 0 bridgehead atoms. The van der Waals surface area contributed by atoms with Crippen LogP contribution in [0.25, 0.3) is 11.3 Å². The molecule has 0 saturated heterocycles. The fourth-order valence-corrected chi connectivity index (χ4v) is 2.34. The summed E-state index contributed by atoms with van der Waals surface area (Å²) in [5.41, 5.74) is 9.33. The number of hydrogen-bond donors (Lipinski definition) is 1. The summed E-state index contributed by atoms with van der Waals surface area (Å²) < 4.78 is 2.06. The summed E-state index contributed by atoms with van der Waals surface area (Å²) >= 11 is 0. The summed E-state index contributed by atoms with van der Waals surface area (Å²) in [5.74, 6) is 1.70. The van der Waals surface area contributed by atoms with Crippen LogP contribution < -0.4 is 10.6 Å². The molecule has 1 heterocycles. The predicted molar refractivity (Wildman–Crippen MR) is 81.5 cm³/mol. The quantitative estimate of drug-likeness (QED) is 0.920. The van der Waals surface area contributed by atoms with E-state index in [2.05, 4.69) is 52.6 Å². The van der Waals surface area contributed by atoms with Gasteiger partial charge in [0.15, 0.2) is 0 Å². The average Bonchev–Trinajstić information content (AvgIpc) is 2.65. The zero-order valence-corrected chi connectivity index (χ0v) is 12.3. The molecule has 0 radical (unpaired) electrons. The van der Waals surface area contributed by atoms with Crippen molar-refractivity contribution in [2.24, 2.45) is 0 Å². The van der Waals surface area contributed by atoms with Gasteiger partial charge in [0.2, 0.25) is 0 Å². The molecule has 0 fully saturated rings. The van der Waals surface area contributed by atoms with Gasteiger partial charge < -0.3 is 15.2 Å². The predicted octanol–water partition coefficient (Wildman–Crippen LogP) is 3.09. The van der Waals surface area contributed by atoms with E-state index in [9.17, 15) is 0 Å². The van der Waals surface area contributed by atoms with Crippen molar-refractivity contribution in [1.29, 1.82) is 0 Å². The normalized spacial score (nSPS) is 11.1. The van der Waals surface area contributed by atoms with Crippen LogP contribution in [0.15, 0.2) is 24.3 Å². The Labute approximate surface area is 114 Å². The molecule has 0 aliphatic rings. The molecule has 102 valence electrons. The second-order valence-electron chi connectivity index (χ2n) is 5.30. The Morgan fingerprint density at radius 1 is 1.16 bits per heavy atom. The number of aryl methyl sites for hydroxylation is 1. The van der Waals surface area contributed by atoms with Crippen molar-refractivity contribution in [3.8, 4) is 11.3 Å². The summed E-state index contributed by atoms with van der Waals surface area (Å²) in [4.78, 5) is 6.68. The molecule has 2 aromatic rings. The Kier molecular flexibility index (Phi) is 3.51. The first-order valence-corrected chi connectivity index (χ1v) is 6.54. The highest BCUT2D eigenvalue weighted by Gasteiger charge is 2.15. The van der Waals surface area contributed by atoms with Crippen LogP contribution in [0.1, 0.15) is 25.7 Å². The average molecular weight is 258 g/mol. The van der Waals surface area contributed by atoms with Crippen molar-refractivity contribution < 1.29 is 0 Å². The largest absolute Gasteiger partial charge is 0.383 e. The van der Waals surface area contributed by atoms with Crippen LogP contribution in [0.4, 0.5) is 11.5 Å². The van der Waals surface area contributed by atoms with E-state index in [1.54, 1.807) is 0 Å². The van der Waals surface area contributed by atoms with Crippen LogP contribution in [0.5, 0.6) is 0 Å². The number of benzene rings is 1. The minimum Gasteiger partial charge on any atom is -0.383 e. The molecule has 0 aliphatic carbocycles. The number of anilines is 2. The summed E-state index contributed by atoms with van der Waals surface area (Å²) in [6, 6.07) is 8.62. The van der Waals surface area contributed by atoms with Crippen LogP contribution in [0.3, 0.4) is 0 Å². The molecule has 0 saturated carbocycles. The van der Waals surface area contributed by atoms with Gasteiger partial charge in [0.1, 0.15) is 17.3 Å². The molecular formula is C15H22N4. The van der Waals surface area contributed by atoms with Gasteiger partial charge in [-0.3, -0.25) is 0 Å². The topological polar surface area (TPSA) is 47.1 Å². The van der Waals surface area contributed by atoms with Crippen LogP contribution in [0.2, 0.25) is 0 Å². The van der Waals surface area contributed by atoms with E-state index in [1.165, 1.54) is 5.69 Å². The van der Waals surface area contributed by atoms with Crippen LogP contribution >= 0.6 is 0 Å². The van der Waals surface area contributed by atoms with Crippen molar-refractivity contribution in [3.63, 3.8) is 0 Å². The highest BCUT2D eigenvalue weighted by Crippen LogP contribution is 2.29. The third-order valence-corrected chi connectivity index (χ3v) is 3.30. The van der Waals surface area contributed by atoms with E-state index in [-0.39, 0.29) is 0 Å². The Morgan fingerprint density at radius 3 is 2.16 bits per heavy atom. The van der Waals surface area contributed by atoms with Crippen molar-refractivity contribution in [2.45, 2.75) is 26.8 Å². The van der Waals surface area contributed by atoms with Crippen LogP contribution in [-0.4, -0.2) is 23.6 Å². The van der Waals surface area contributed by atoms with Crippen molar-refractivity contribution in [1.82, 2.24) is 9.55 Å². The standard InChI is InChI=1S/C15H22N4/c1-10(2)19-11(3)17-14(15(19)16)12-6-8-13(9-7-12)18(4)5/h6-10H,16H2,1-5H3. The maximum absolute atomic E-state index is 6.23. The number of aromatic nitrogens is 2. The van der Waals surface area contributed by atoms with Crippen LogP contribution in [-0.2, 0) is 0 Å². The van der Waals surface area contributed by atoms with Gasteiger partial charge in [0.05, 0.1) is 0 Å². The maximum Gasteiger partial charge on any atom is 0.131 e. The van der Waals surface area contributed by atoms with Gasteiger partial charge in [-0.1, -0.05) is 12.1 Å². The number of nitrogens with zero attached hydrogens (tertiary/aromatic N) is 3. The van der Waals surface area contributed by atoms with Gasteiger partial charge >= 0.3 is 0 Å². The minimum absolute atomic E-state index is 0.322. The fourth-order valence-electron chi connectivity index (χ4n) is 2.34. The van der Waals surface area contributed by atoms with Crippen molar-refractivity contribution in [3.05, 3.63) is 30.1 Å². The summed E-state index contributed by atoms with van der Waals surface area (Å²) in [7, 11) is 4.06. The number of imidazole rings is 1. The van der Waals surface area contributed by atoms with Gasteiger partial charge in [-0.25, -0.2) is 4.98 Å². The van der Waals surface area contributed by atoms with Gasteiger partial charge in [-0.2, -0.15) is 0 Å². The summed E-state index contributed by atoms with van der Waals surface area (Å²) in [5, 5.41) is 0. The van der Waals surface area contributed by atoms with Gasteiger partial charge in [-0.05, 0) is 32.9 Å². The highest BCUT2D eigenvalue weighted by molar-refractivity contribution is 5.72. The number of nitrogens with two attached hydrogens (primary N) is 1. The molecule has 0 spiro atoms. The van der Waals surface area contributed by atoms with Gasteiger partial charge in [-0.15, -0.1) is 0 Å². The lowest BCUT2D eigenvalue weighted by Crippen LogP contribution is -2.08. The lowest BCUT2D eigenvalue weighted by molar-refractivity contribution is 0.590. The molecule has 19 heavy (non-hydrogen) atoms. The van der Waals surface area contributed by atoms with E-state index in [0.717, 1.165) is 22.9 Å². The molecule has 2 rings (SSSR count). The van der Waals surface area contributed by atoms with Gasteiger partial charge in [0.25, 0.3) is 0 Å². The van der Waals surface area contributed by atoms with Crippen molar-refractivity contribution >= 4 is 11.5 Å². The molecule has 1 aromatic carbocycles. The SMILES string of the molecule is Cc1nc(-c2ccc(N(C)C)cc2)c(N)n1C(C)C. The van der Waals surface area contributed by atoms with E-state index < -0.39 is 0 Å². The maximum atomic E-state index is 6.23. The molecule has 0 atom stereocenters. The molecule has 0 aliphatic heterocycles. The van der Waals surface area contributed by atoms with E-state index in [0.29, 0.717) is 6.04 Å². The highest BCUT2D eigenvalue weighted by atomic mass is 15.2. The van der Waals surface area contributed by atoms with Crippen molar-refractivity contribution in [2.75, 3.05) is 24.7 Å². The summed E-state index contributed by atoms with van der Waals surface area (Å²) in [6.45, 7) is 6.22. The molecule has 4 heteroatoms. The Balaban J connectivity index is 2.45. The zero-order valence-electron chi connectivity index (χ0n) is 12.3. The zero-order chi connectivity index (χ0) is 14.2. The Bertz CT molecular complexity index is 565. The third-order valence-electron chi connectivity index (χ3n) is 3.30. The number of nitrogen functional groups attached to an aromatic ring is 1. The van der Waals surface area contributed by atoms with Gasteiger partial charge in [0, 0.05) is 31.4 Å². The van der Waals surface area contributed by atoms with E-state index >= 15 is 0 Å². The summed E-state index contributed by atoms with van der Waals surface area (Å²) in [6.07, 6.45) is 0. The number of hydrogen-bond acceptors (Lipinski definition) is 3.